The molecule has 1 aliphatic rings. The number of aromatic amines is 1. The maximum absolute atomic E-state index is 12.0. The zero-order valence-corrected chi connectivity index (χ0v) is 11.4. The second-order valence-electron chi connectivity index (χ2n) is 4.91. The molecule has 1 amide bonds. The summed E-state index contributed by atoms with van der Waals surface area (Å²) in [5.74, 6) is 0.574. The average molecular weight is 272 g/mol. The van der Waals surface area contributed by atoms with Crippen LogP contribution in [0.4, 0.5) is 5.69 Å². The van der Waals surface area contributed by atoms with E-state index >= 15 is 0 Å². The van der Waals surface area contributed by atoms with Crippen LogP contribution in [0.5, 0.6) is 11.5 Å². The Balaban J connectivity index is 1.78. The highest BCUT2D eigenvalue weighted by atomic mass is 16.7. The summed E-state index contributed by atoms with van der Waals surface area (Å²) in [5.41, 5.74) is 1.26. The highest BCUT2D eigenvalue weighted by Crippen LogP contribution is 2.42. The quantitative estimate of drug-likeness (QED) is 0.902. The van der Waals surface area contributed by atoms with E-state index in [2.05, 4.69) is 10.3 Å². The summed E-state index contributed by atoms with van der Waals surface area (Å²) in [4.78, 5) is 14.8. The third-order valence-electron chi connectivity index (χ3n) is 3.36. The van der Waals surface area contributed by atoms with Gasteiger partial charge in [-0.1, -0.05) is 6.92 Å². The lowest BCUT2D eigenvalue weighted by molar-refractivity contribution is -0.0640. The van der Waals surface area contributed by atoms with Gasteiger partial charge in [0.05, 0.1) is 5.56 Å². The van der Waals surface area contributed by atoms with Crippen molar-refractivity contribution in [1.29, 1.82) is 0 Å². The van der Waals surface area contributed by atoms with Gasteiger partial charge in [-0.15, -0.1) is 0 Å². The van der Waals surface area contributed by atoms with Crippen LogP contribution in [0.15, 0.2) is 36.7 Å². The van der Waals surface area contributed by atoms with E-state index in [1.165, 1.54) is 0 Å². The van der Waals surface area contributed by atoms with Gasteiger partial charge in [0.25, 0.3) is 5.91 Å². The van der Waals surface area contributed by atoms with E-state index in [1.54, 1.807) is 30.6 Å². The smallest absolute Gasteiger partial charge is 0.257 e. The monoisotopic (exact) mass is 272 g/mol. The van der Waals surface area contributed by atoms with Crippen molar-refractivity contribution in [2.45, 2.75) is 26.1 Å². The van der Waals surface area contributed by atoms with Crippen LogP contribution in [0.1, 0.15) is 30.6 Å². The van der Waals surface area contributed by atoms with E-state index in [0.29, 0.717) is 22.7 Å². The summed E-state index contributed by atoms with van der Waals surface area (Å²) in [6, 6.07) is 7.11. The molecule has 0 fully saturated rings. The van der Waals surface area contributed by atoms with Gasteiger partial charge in [-0.3, -0.25) is 4.79 Å². The predicted molar refractivity (Wildman–Crippen MR) is 75.1 cm³/mol. The normalized spacial score (nSPS) is 19.9. The fourth-order valence-corrected chi connectivity index (χ4v) is 2.05. The average Bonchev–Trinajstić information content (AvgIpc) is 3.05. The Labute approximate surface area is 116 Å². The van der Waals surface area contributed by atoms with E-state index in [1.807, 2.05) is 19.9 Å². The van der Waals surface area contributed by atoms with Crippen LogP contribution in [0, 0.1) is 0 Å². The minimum atomic E-state index is -0.619. The summed E-state index contributed by atoms with van der Waals surface area (Å²) in [7, 11) is 0. The molecule has 1 unspecified atom stereocenters. The summed E-state index contributed by atoms with van der Waals surface area (Å²) >= 11 is 0. The molecule has 5 heteroatoms. The topological polar surface area (TPSA) is 63.3 Å². The second kappa shape index (κ2) is 4.59. The number of hydrogen-bond acceptors (Lipinski definition) is 3. The summed E-state index contributed by atoms with van der Waals surface area (Å²) < 4.78 is 11.5. The number of H-pyrrole nitrogens is 1. The van der Waals surface area contributed by atoms with Gasteiger partial charge in [0, 0.05) is 37.5 Å². The number of fused-ring (bicyclic) bond motifs is 1. The van der Waals surface area contributed by atoms with Gasteiger partial charge in [0.2, 0.25) is 5.79 Å². The third-order valence-corrected chi connectivity index (χ3v) is 3.36. The number of amides is 1. The molecule has 2 N–H and O–H groups in total. The Hall–Kier alpha value is -2.43. The molecule has 0 spiro atoms. The molecule has 0 saturated heterocycles. The predicted octanol–water partition coefficient (Wildman–Crippen LogP) is 3.16. The van der Waals surface area contributed by atoms with Gasteiger partial charge in [-0.05, 0) is 18.2 Å². The fraction of sp³-hybridized carbons (Fsp3) is 0.267. The number of ether oxygens (including phenoxy) is 2. The molecule has 1 aliphatic heterocycles. The van der Waals surface area contributed by atoms with E-state index in [-0.39, 0.29) is 5.91 Å². The van der Waals surface area contributed by atoms with Gasteiger partial charge in [0.1, 0.15) is 0 Å². The lowest BCUT2D eigenvalue weighted by Crippen LogP contribution is -2.33. The number of carbonyl (C=O) groups is 1. The van der Waals surface area contributed by atoms with Crippen LogP contribution in [-0.4, -0.2) is 16.7 Å². The second-order valence-corrected chi connectivity index (χ2v) is 4.91. The summed E-state index contributed by atoms with van der Waals surface area (Å²) in [5, 5.41) is 2.82. The molecule has 2 heterocycles. The third kappa shape index (κ3) is 2.22. The largest absolute Gasteiger partial charge is 0.449 e. The molecule has 5 nitrogen and oxygen atoms in total. The van der Waals surface area contributed by atoms with Crippen molar-refractivity contribution in [1.82, 2.24) is 4.98 Å². The molecular weight excluding hydrogens is 256 g/mol. The molecule has 20 heavy (non-hydrogen) atoms. The van der Waals surface area contributed by atoms with Crippen LogP contribution < -0.4 is 14.8 Å². The first kappa shape index (κ1) is 12.6. The van der Waals surface area contributed by atoms with E-state index < -0.39 is 5.79 Å². The van der Waals surface area contributed by atoms with Crippen molar-refractivity contribution < 1.29 is 14.3 Å². The minimum absolute atomic E-state index is 0.164. The Morgan fingerprint density at radius 1 is 1.30 bits per heavy atom. The number of hydrogen-bond donors (Lipinski definition) is 2. The molecule has 0 aliphatic carbocycles. The Kier molecular flexibility index (Phi) is 2.89. The number of aromatic nitrogens is 1. The zero-order valence-electron chi connectivity index (χ0n) is 11.4. The van der Waals surface area contributed by atoms with E-state index in [0.717, 1.165) is 6.42 Å². The van der Waals surface area contributed by atoms with Crippen molar-refractivity contribution in [3.63, 3.8) is 0 Å². The summed E-state index contributed by atoms with van der Waals surface area (Å²) in [6.45, 7) is 3.89. The number of nitrogens with one attached hydrogen (secondary N) is 2. The summed E-state index contributed by atoms with van der Waals surface area (Å²) in [6.07, 6.45) is 4.10. The highest BCUT2D eigenvalue weighted by molar-refractivity contribution is 6.04. The van der Waals surface area contributed by atoms with Gasteiger partial charge in [0.15, 0.2) is 11.5 Å². The standard InChI is InChI=1S/C15H16N2O3/c1-3-15(2)19-12-5-4-11(8-13(12)20-15)17-14(18)10-6-7-16-9-10/h4-9,16H,3H2,1-2H3,(H,17,18). The first-order valence-electron chi connectivity index (χ1n) is 6.56. The number of benzene rings is 1. The van der Waals surface area contributed by atoms with Gasteiger partial charge in [-0.25, -0.2) is 0 Å². The Morgan fingerprint density at radius 2 is 2.10 bits per heavy atom. The van der Waals surface area contributed by atoms with Crippen molar-refractivity contribution >= 4 is 11.6 Å². The molecule has 0 bridgehead atoms. The van der Waals surface area contributed by atoms with Crippen LogP contribution in [-0.2, 0) is 0 Å². The molecule has 104 valence electrons. The SMILES string of the molecule is CCC1(C)Oc2ccc(NC(=O)c3cc[nH]c3)cc2O1. The molecule has 1 aromatic carbocycles. The van der Waals surface area contributed by atoms with Crippen molar-refractivity contribution in [2.24, 2.45) is 0 Å². The molecule has 1 atom stereocenters. The van der Waals surface area contributed by atoms with Crippen molar-refractivity contribution in [3.8, 4) is 11.5 Å². The van der Waals surface area contributed by atoms with Crippen LogP contribution in [0.25, 0.3) is 0 Å². The zero-order chi connectivity index (χ0) is 14.2. The number of rotatable bonds is 3. The van der Waals surface area contributed by atoms with E-state index in [9.17, 15) is 4.79 Å². The first-order chi connectivity index (χ1) is 9.59. The van der Waals surface area contributed by atoms with Gasteiger partial charge < -0.3 is 19.8 Å². The van der Waals surface area contributed by atoms with Gasteiger partial charge in [-0.2, -0.15) is 0 Å². The van der Waals surface area contributed by atoms with Crippen molar-refractivity contribution in [3.05, 3.63) is 42.2 Å². The maximum atomic E-state index is 12.0. The molecule has 1 aromatic heterocycles. The molecule has 2 aromatic rings. The minimum Gasteiger partial charge on any atom is -0.449 e. The fourth-order valence-electron chi connectivity index (χ4n) is 2.05. The molecular formula is C15H16N2O3. The lowest BCUT2D eigenvalue weighted by Gasteiger charge is -2.20. The van der Waals surface area contributed by atoms with Crippen LogP contribution >= 0.6 is 0 Å². The Bertz CT molecular complexity index is 637. The van der Waals surface area contributed by atoms with Crippen LogP contribution in [0.2, 0.25) is 0 Å². The molecule has 0 saturated carbocycles. The van der Waals surface area contributed by atoms with Crippen molar-refractivity contribution in [2.75, 3.05) is 5.32 Å². The highest BCUT2D eigenvalue weighted by Gasteiger charge is 2.34. The molecule has 3 rings (SSSR count). The number of anilines is 1. The van der Waals surface area contributed by atoms with Crippen LogP contribution in [0.3, 0.4) is 0 Å². The molecule has 0 radical (unpaired) electrons. The van der Waals surface area contributed by atoms with Gasteiger partial charge >= 0.3 is 0 Å². The van der Waals surface area contributed by atoms with E-state index in [4.69, 9.17) is 9.47 Å². The maximum Gasteiger partial charge on any atom is 0.257 e. The lowest BCUT2D eigenvalue weighted by atomic mass is 10.2. The Morgan fingerprint density at radius 3 is 2.80 bits per heavy atom. The number of carbonyl (C=O) groups excluding carboxylic acids is 1. The first-order valence-corrected chi connectivity index (χ1v) is 6.56.